The number of hydrogen-bond acceptors (Lipinski definition) is 5. The number of nitrogens with one attached hydrogen (secondary N) is 1. The third-order valence-electron chi connectivity index (χ3n) is 4.40. The standard InChI is InChI=1S/C20H21N3O3/c1-15(19(25)23-20(14-22)11-3-2-4-12-20)26-18(24)10-9-16-5-7-17(13-21)8-6-16/h5-10,15H,2-4,11-12H2,1H3,(H,23,25)/b10-9+/t15-/m1/s1. The minimum Gasteiger partial charge on any atom is -0.449 e. The van der Waals surface area contributed by atoms with Crippen LogP contribution in [0.1, 0.15) is 50.2 Å². The molecule has 0 aromatic heterocycles. The summed E-state index contributed by atoms with van der Waals surface area (Å²) in [6, 6.07) is 10.9. The first-order valence-electron chi connectivity index (χ1n) is 8.60. The Balaban J connectivity index is 1.89. The predicted molar refractivity (Wildman–Crippen MR) is 95.3 cm³/mol. The molecule has 0 aliphatic heterocycles. The summed E-state index contributed by atoms with van der Waals surface area (Å²) in [5.74, 6) is -1.11. The monoisotopic (exact) mass is 351 g/mol. The van der Waals surface area contributed by atoms with E-state index < -0.39 is 23.5 Å². The van der Waals surface area contributed by atoms with Gasteiger partial charge in [0.25, 0.3) is 5.91 Å². The average Bonchev–Trinajstić information content (AvgIpc) is 2.67. The maximum absolute atomic E-state index is 12.3. The van der Waals surface area contributed by atoms with E-state index >= 15 is 0 Å². The van der Waals surface area contributed by atoms with E-state index in [1.54, 1.807) is 30.3 Å². The number of hydrogen-bond donors (Lipinski definition) is 1. The summed E-state index contributed by atoms with van der Waals surface area (Å²) < 4.78 is 5.11. The van der Waals surface area contributed by atoms with Crippen molar-refractivity contribution >= 4 is 18.0 Å². The largest absolute Gasteiger partial charge is 0.449 e. The summed E-state index contributed by atoms with van der Waals surface area (Å²) in [4.78, 5) is 24.2. The molecule has 0 bridgehead atoms. The highest BCUT2D eigenvalue weighted by atomic mass is 16.5. The highest BCUT2D eigenvalue weighted by Crippen LogP contribution is 2.27. The summed E-state index contributed by atoms with van der Waals surface area (Å²) in [6.07, 6.45) is 5.88. The van der Waals surface area contributed by atoms with Crippen LogP contribution in [0.4, 0.5) is 0 Å². The van der Waals surface area contributed by atoms with Gasteiger partial charge >= 0.3 is 5.97 Å². The van der Waals surface area contributed by atoms with Crippen molar-refractivity contribution in [2.75, 3.05) is 0 Å². The van der Waals surface area contributed by atoms with Gasteiger partial charge in [-0.05, 0) is 43.5 Å². The molecule has 2 rings (SSSR count). The zero-order valence-corrected chi connectivity index (χ0v) is 14.7. The van der Waals surface area contributed by atoms with Gasteiger partial charge in [0, 0.05) is 6.08 Å². The number of amides is 1. The van der Waals surface area contributed by atoms with E-state index in [1.165, 1.54) is 13.0 Å². The fraction of sp³-hybridized carbons (Fsp3) is 0.400. The van der Waals surface area contributed by atoms with Crippen molar-refractivity contribution in [3.05, 3.63) is 41.5 Å². The Kier molecular flexibility index (Phi) is 6.52. The van der Waals surface area contributed by atoms with Crippen LogP contribution >= 0.6 is 0 Å². The Morgan fingerprint density at radius 1 is 1.19 bits per heavy atom. The molecule has 1 aliphatic carbocycles. The lowest BCUT2D eigenvalue weighted by atomic mass is 9.83. The van der Waals surface area contributed by atoms with Crippen LogP contribution < -0.4 is 5.32 Å². The van der Waals surface area contributed by atoms with Gasteiger partial charge in [0.2, 0.25) is 0 Å². The third kappa shape index (κ3) is 5.19. The van der Waals surface area contributed by atoms with Crippen LogP contribution in [0.15, 0.2) is 30.3 Å². The second kappa shape index (κ2) is 8.82. The van der Waals surface area contributed by atoms with Gasteiger partial charge in [-0.1, -0.05) is 31.4 Å². The molecule has 134 valence electrons. The van der Waals surface area contributed by atoms with Crippen molar-refractivity contribution in [3.63, 3.8) is 0 Å². The van der Waals surface area contributed by atoms with Gasteiger partial charge in [-0.15, -0.1) is 0 Å². The van der Waals surface area contributed by atoms with Gasteiger partial charge in [0.1, 0.15) is 5.54 Å². The molecule has 1 aromatic rings. The minimum absolute atomic E-state index is 0.464. The normalized spacial score (nSPS) is 16.9. The molecule has 0 radical (unpaired) electrons. The Hall–Kier alpha value is -3.12. The van der Waals surface area contributed by atoms with E-state index in [1.807, 2.05) is 6.07 Å². The summed E-state index contributed by atoms with van der Waals surface area (Å²) in [5, 5.41) is 20.9. The van der Waals surface area contributed by atoms with Crippen molar-refractivity contribution in [1.29, 1.82) is 10.5 Å². The zero-order valence-electron chi connectivity index (χ0n) is 14.7. The van der Waals surface area contributed by atoms with E-state index in [9.17, 15) is 14.9 Å². The van der Waals surface area contributed by atoms with E-state index in [0.717, 1.165) is 24.8 Å². The molecule has 1 amide bonds. The molecule has 0 spiro atoms. The molecular weight excluding hydrogens is 330 g/mol. The molecule has 6 nitrogen and oxygen atoms in total. The van der Waals surface area contributed by atoms with Crippen molar-refractivity contribution in [3.8, 4) is 12.1 Å². The maximum Gasteiger partial charge on any atom is 0.331 e. The van der Waals surface area contributed by atoms with Gasteiger partial charge in [-0.25, -0.2) is 4.79 Å². The molecule has 1 fully saturated rings. The lowest BCUT2D eigenvalue weighted by Crippen LogP contribution is -2.52. The number of carbonyl (C=O) groups is 2. The van der Waals surface area contributed by atoms with E-state index in [0.29, 0.717) is 18.4 Å². The number of nitrogens with zero attached hydrogens (tertiary/aromatic N) is 2. The van der Waals surface area contributed by atoms with E-state index in [4.69, 9.17) is 10.00 Å². The molecular formula is C20H21N3O3. The highest BCUT2D eigenvalue weighted by Gasteiger charge is 2.35. The molecule has 1 aromatic carbocycles. The second-order valence-electron chi connectivity index (χ2n) is 6.39. The Labute approximate surface area is 153 Å². The van der Waals surface area contributed by atoms with Gasteiger partial charge in [0.15, 0.2) is 6.10 Å². The van der Waals surface area contributed by atoms with Crippen LogP contribution in [0.5, 0.6) is 0 Å². The number of ether oxygens (including phenoxy) is 1. The Morgan fingerprint density at radius 2 is 1.85 bits per heavy atom. The number of carbonyl (C=O) groups excluding carboxylic acids is 2. The van der Waals surface area contributed by atoms with Gasteiger partial charge in [0.05, 0.1) is 17.7 Å². The van der Waals surface area contributed by atoms with E-state index in [-0.39, 0.29) is 0 Å². The number of esters is 1. The van der Waals surface area contributed by atoms with Crippen molar-refractivity contribution < 1.29 is 14.3 Å². The summed E-state index contributed by atoms with van der Waals surface area (Å²) in [6.45, 7) is 1.48. The quantitative estimate of drug-likeness (QED) is 0.649. The molecule has 1 aliphatic rings. The first-order valence-corrected chi connectivity index (χ1v) is 8.60. The fourth-order valence-electron chi connectivity index (χ4n) is 2.86. The lowest BCUT2D eigenvalue weighted by Gasteiger charge is -2.32. The van der Waals surface area contributed by atoms with Crippen molar-refractivity contribution in [2.45, 2.75) is 50.7 Å². The molecule has 0 saturated heterocycles. The van der Waals surface area contributed by atoms with E-state index in [2.05, 4.69) is 11.4 Å². The molecule has 6 heteroatoms. The zero-order chi connectivity index (χ0) is 19.0. The fourth-order valence-corrected chi connectivity index (χ4v) is 2.86. The average molecular weight is 351 g/mol. The lowest BCUT2D eigenvalue weighted by molar-refractivity contribution is -0.150. The molecule has 26 heavy (non-hydrogen) atoms. The predicted octanol–water partition coefficient (Wildman–Crippen LogP) is 2.85. The first kappa shape index (κ1) is 19.2. The third-order valence-corrected chi connectivity index (χ3v) is 4.40. The SMILES string of the molecule is C[C@@H](OC(=O)/C=C/c1ccc(C#N)cc1)C(=O)NC1(C#N)CCCCC1. The molecule has 0 heterocycles. The minimum atomic E-state index is -0.986. The highest BCUT2D eigenvalue weighted by molar-refractivity contribution is 5.90. The van der Waals surface area contributed by atoms with Crippen LogP contribution in [0, 0.1) is 22.7 Å². The van der Waals surface area contributed by atoms with Crippen molar-refractivity contribution in [2.24, 2.45) is 0 Å². The van der Waals surface area contributed by atoms with Crippen LogP contribution in [-0.2, 0) is 14.3 Å². The first-order chi connectivity index (χ1) is 12.5. The number of nitriles is 2. The van der Waals surface area contributed by atoms with Crippen LogP contribution in [-0.4, -0.2) is 23.5 Å². The van der Waals surface area contributed by atoms with Crippen molar-refractivity contribution in [1.82, 2.24) is 5.32 Å². The van der Waals surface area contributed by atoms with Crippen LogP contribution in [0.25, 0.3) is 6.08 Å². The Morgan fingerprint density at radius 3 is 2.42 bits per heavy atom. The summed E-state index contributed by atoms with van der Waals surface area (Å²) in [5.41, 5.74) is 0.418. The van der Waals surface area contributed by atoms with Crippen LogP contribution in [0.3, 0.4) is 0 Å². The molecule has 1 N–H and O–H groups in total. The molecule has 0 unspecified atom stereocenters. The van der Waals surface area contributed by atoms with Gasteiger partial charge in [-0.3, -0.25) is 4.79 Å². The van der Waals surface area contributed by atoms with Gasteiger partial charge < -0.3 is 10.1 Å². The molecule has 1 saturated carbocycles. The van der Waals surface area contributed by atoms with Gasteiger partial charge in [-0.2, -0.15) is 10.5 Å². The molecule has 1 atom stereocenters. The summed E-state index contributed by atoms with van der Waals surface area (Å²) in [7, 11) is 0. The topological polar surface area (TPSA) is 103 Å². The summed E-state index contributed by atoms with van der Waals surface area (Å²) >= 11 is 0. The van der Waals surface area contributed by atoms with Crippen LogP contribution in [0.2, 0.25) is 0 Å². The smallest absolute Gasteiger partial charge is 0.331 e. The second-order valence-corrected chi connectivity index (χ2v) is 6.39. The number of rotatable bonds is 5. The Bertz CT molecular complexity index is 763. The maximum atomic E-state index is 12.3. The number of benzene rings is 1.